The first-order valence-electron chi connectivity index (χ1n) is 8.01. The van der Waals surface area contributed by atoms with E-state index >= 15 is 0 Å². The summed E-state index contributed by atoms with van der Waals surface area (Å²) < 4.78 is 0. The van der Waals surface area contributed by atoms with Crippen molar-refractivity contribution in [3.63, 3.8) is 0 Å². The summed E-state index contributed by atoms with van der Waals surface area (Å²) in [6, 6.07) is 11.6. The third-order valence-corrected chi connectivity index (χ3v) is 4.47. The molecule has 0 amide bonds. The number of aryl methyl sites for hydroxylation is 1. The zero-order chi connectivity index (χ0) is 14.7. The lowest BCUT2D eigenvalue weighted by molar-refractivity contribution is 0.139. The van der Waals surface area contributed by atoms with E-state index in [4.69, 9.17) is 0 Å². The maximum Gasteiger partial charge on any atom is 0.0705 e. The Morgan fingerprint density at radius 3 is 3.00 bits per heavy atom. The Morgan fingerprint density at radius 2 is 2.14 bits per heavy atom. The molecule has 1 fully saturated rings. The smallest absolute Gasteiger partial charge is 0.0705 e. The Balaban J connectivity index is 1.78. The molecule has 3 heteroatoms. The normalized spacial score (nSPS) is 20.0. The maximum atomic E-state index is 4.58. The zero-order valence-corrected chi connectivity index (χ0v) is 13.1. The van der Waals surface area contributed by atoms with Crippen LogP contribution in [0.4, 0.5) is 0 Å². The first kappa shape index (κ1) is 14.5. The Kier molecular flexibility index (Phi) is 4.51. The van der Waals surface area contributed by atoms with Gasteiger partial charge >= 0.3 is 0 Å². The molecule has 1 aliphatic rings. The summed E-state index contributed by atoms with van der Waals surface area (Å²) in [6.07, 6.45) is 4.01. The van der Waals surface area contributed by atoms with Crippen LogP contribution in [0.5, 0.6) is 0 Å². The van der Waals surface area contributed by atoms with E-state index in [9.17, 15) is 0 Å². The topological polar surface area (TPSA) is 28.2 Å². The van der Waals surface area contributed by atoms with Crippen molar-refractivity contribution < 1.29 is 0 Å². The highest BCUT2D eigenvalue weighted by Gasteiger charge is 2.21. The van der Waals surface area contributed by atoms with E-state index in [-0.39, 0.29) is 0 Å². The minimum atomic E-state index is 0.676. The van der Waals surface area contributed by atoms with Gasteiger partial charge in [0.05, 0.1) is 5.52 Å². The number of nitrogens with zero attached hydrogens (tertiary/aromatic N) is 2. The summed E-state index contributed by atoms with van der Waals surface area (Å²) >= 11 is 0. The maximum absolute atomic E-state index is 4.58. The number of rotatable bonds is 4. The monoisotopic (exact) mass is 283 g/mol. The van der Waals surface area contributed by atoms with E-state index in [1.807, 2.05) is 6.92 Å². The van der Waals surface area contributed by atoms with Crippen LogP contribution in [0.25, 0.3) is 10.9 Å². The fraction of sp³-hybridized carbons (Fsp3) is 0.500. The number of aromatic nitrogens is 1. The summed E-state index contributed by atoms with van der Waals surface area (Å²) in [5.41, 5.74) is 3.58. The highest BCUT2D eigenvalue weighted by molar-refractivity contribution is 5.79. The summed E-state index contributed by atoms with van der Waals surface area (Å²) in [4.78, 5) is 7.21. The molecule has 2 aromatic rings. The Morgan fingerprint density at radius 1 is 1.24 bits per heavy atom. The molecule has 1 aliphatic heterocycles. The van der Waals surface area contributed by atoms with E-state index in [1.54, 1.807) is 0 Å². The first-order chi connectivity index (χ1) is 10.3. The van der Waals surface area contributed by atoms with Gasteiger partial charge in [-0.05, 0) is 57.1 Å². The van der Waals surface area contributed by atoms with Gasteiger partial charge in [-0.1, -0.05) is 18.6 Å². The number of hydrogen-bond donors (Lipinski definition) is 1. The lowest BCUT2D eigenvalue weighted by atomic mass is 10.0. The molecule has 1 atom stereocenters. The lowest BCUT2D eigenvalue weighted by Gasteiger charge is -2.35. The fourth-order valence-electron chi connectivity index (χ4n) is 3.34. The number of likely N-dealkylation sites (N-methyl/N-ethyl adjacent to an activating group) is 1. The van der Waals surface area contributed by atoms with E-state index in [2.05, 4.69) is 52.6 Å². The number of piperidine rings is 1. The molecule has 0 radical (unpaired) electrons. The van der Waals surface area contributed by atoms with Crippen molar-refractivity contribution >= 4 is 10.9 Å². The van der Waals surface area contributed by atoms with Crippen molar-refractivity contribution in [1.82, 2.24) is 15.2 Å². The van der Waals surface area contributed by atoms with Gasteiger partial charge in [0, 0.05) is 30.2 Å². The second kappa shape index (κ2) is 6.54. The lowest BCUT2D eigenvalue weighted by Crippen LogP contribution is -2.44. The molecular formula is C18H25N3. The SMILES string of the molecule is CNCC1CCCCN1Cc1ccc2nc(C)ccc2c1. The van der Waals surface area contributed by atoms with E-state index in [0.717, 1.165) is 24.3 Å². The summed E-state index contributed by atoms with van der Waals surface area (Å²) in [7, 11) is 2.05. The first-order valence-corrected chi connectivity index (χ1v) is 8.01. The third kappa shape index (κ3) is 3.42. The molecule has 0 bridgehead atoms. The highest BCUT2D eigenvalue weighted by Crippen LogP contribution is 2.21. The van der Waals surface area contributed by atoms with Gasteiger partial charge < -0.3 is 5.32 Å². The molecule has 3 rings (SSSR count). The molecule has 1 N–H and O–H groups in total. The molecule has 0 saturated carbocycles. The predicted octanol–water partition coefficient (Wildman–Crippen LogP) is 3.12. The minimum absolute atomic E-state index is 0.676. The average Bonchev–Trinajstić information content (AvgIpc) is 2.50. The zero-order valence-electron chi connectivity index (χ0n) is 13.1. The molecule has 1 unspecified atom stereocenters. The van der Waals surface area contributed by atoms with Crippen LogP contribution in [-0.2, 0) is 6.54 Å². The van der Waals surface area contributed by atoms with Crippen LogP contribution in [0.15, 0.2) is 30.3 Å². The second-order valence-corrected chi connectivity index (χ2v) is 6.16. The van der Waals surface area contributed by atoms with Crippen molar-refractivity contribution in [3.8, 4) is 0 Å². The summed E-state index contributed by atoms with van der Waals surface area (Å²) in [6.45, 7) is 5.41. The quantitative estimate of drug-likeness (QED) is 0.934. The van der Waals surface area contributed by atoms with Crippen LogP contribution >= 0.6 is 0 Å². The predicted molar refractivity (Wildman–Crippen MR) is 88.5 cm³/mol. The molecule has 1 saturated heterocycles. The molecular weight excluding hydrogens is 258 g/mol. The van der Waals surface area contributed by atoms with E-state index in [1.165, 1.54) is 36.8 Å². The van der Waals surface area contributed by atoms with Gasteiger partial charge in [0.1, 0.15) is 0 Å². The number of fused-ring (bicyclic) bond motifs is 1. The Hall–Kier alpha value is -1.45. The number of pyridine rings is 1. The number of hydrogen-bond acceptors (Lipinski definition) is 3. The van der Waals surface area contributed by atoms with Crippen molar-refractivity contribution in [2.24, 2.45) is 0 Å². The molecule has 1 aromatic heterocycles. The van der Waals surface area contributed by atoms with Gasteiger partial charge in [-0.2, -0.15) is 0 Å². The highest BCUT2D eigenvalue weighted by atomic mass is 15.2. The molecule has 0 spiro atoms. The summed E-state index contributed by atoms with van der Waals surface area (Å²) in [5, 5.41) is 4.59. The van der Waals surface area contributed by atoms with Crippen LogP contribution in [0.1, 0.15) is 30.5 Å². The largest absolute Gasteiger partial charge is 0.318 e. The number of likely N-dealkylation sites (tertiary alicyclic amines) is 1. The van der Waals surface area contributed by atoms with Crippen molar-refractivity contribution in [3.05, 3.63) is 41.6 Å². The fourth-order valence-corrected chi connectivity index (χ4v) is 3.34. The second-order valence-electron chi connectivity index (χ2n) is 6.16. The van der Waals surface area contributed by atoms with Crippen molar-refractivity contribution in [2.75, 3.05) is 20.1 Å². The molecule has 1 aromatic carbocycles. The van der Waals surface area contributed by atoms with Gasteiger partial charge in [0.15, 0.2) is 0 Å². The number of benzene rings is 1. The van der Waals surface area contributed by atoms with E-state index in [0.29, 0.717) is 6.04 Å². The van der Waals surface area contributed by atoms with Gasteiger partial charge in [-0.25, -0.2) is 0 Å². The minimum Gasteiger partial charge on any atom is -0.318 e. The summed E-state index contributed by atoms with van der Waals surface area (Å²) in [5.74, 6) is 0. The van der Waals surface area contributed by atoms with Crippen LogP contribution in [0.2, 0.25) is 0 Å². The molecule has 21 heavy (non-hydrogen) atoms. The van der Waals surface area contributed by atoms with Gasteiger partial charge in [0.2, 0.25) is 0 Å². The van der Waals surface area contributed by atoms with Crippen molar-refractivity contribution in [2.45, 2.75) is 38.8 Å². The average molecular weight is 283 g/mol. The molecule has 112 valence electrons. The number of nitrogens with one attached hydrogen (secondary N) is 1. The van der Waals surface area contributed by atoms with Gasteiger partial charge in [-0.3, -0.25) is 9.88 Å². The van der Waals surface area contributed by atoms with Crippen LogP contribution in [0.3, 0.4) is 0 Å². The standard InChI is InChI=1S/C18H25N3/c1-14-6-8-16-11-15(7-9-18(16)20-14)13-21-10-4-3-5-17(21)12-19-2/h6-9,11,17,19H,3-5,10,12-13H2,1-2H3. The van der Waals surface area contributed by atoms with Crippen LogP contribution in [-0.4, -0.2) is 36.1 Å². The van der Waals surface area contributed by atoms with Crippen LogP contribution in [0, 0.1) is 6.92 Å². The van der Waals surface area contributed by atoms with Gasteiger partial charge in [0.25, 0.3) is 0 Å². The molecule has 2 heterocycles. The Labute approximate surface area is 127 Å². The van der Waals surface area contributed by atoms with Gasteiger partial charge in [-0.15, -0.1) is 0 Å². The third-order valence-electron chi connectivity index (χ3n) is 4.47. The molecule has 0 aliphatic carbocycles. The Bertz CT molecular complexity index is 606. The van der Waals surface area contributed by atoms with Crippen LogP contribution < -0.4 is 5.32 Å². The van der Waals surface area contributed by atoms with Crippen molar-refractivity contribution in [1.29, 1.82) is 0 Å². The van der Waals surface area contributed by atoms with E-state index < -0.39 is 0 Å². The molecule has 3 nitrogen and oxygen atoms in total.